The Morgan fingerprint density at radius 2 is 1.55 bits per heavy atom. The Labute approximate surface area is 175 Å². The van der Waals surface area contributed by atoms with E-state index >= 15 is 0 Å². The van der Waals surface area contributed by atoms with Crippen molar-refractivity contribution in [3.05, 3.63) is 101 Å². The van der Waals surface area contributed by atoms with E-state index in [-0.39, 0.29) is 11.9 Å². The summed E-state index contributed by atoms with van der Waals surface area (Å²) in [5, 5.41) is 4.28. The number of para-hydroxylation sites is 1. The molecule has 3 nitrogen and oxygen atoms in total. The molecule has 1 atom stereocenters. The lowest BCUT2D eigenvalue weighted by molar-refractivity contribution is 0.0937. The molecule has 1 aromatic heterocycles. The van der Waals surface area contributed by atoms with Gasteiger partial charge in [0.15, 0.2) is 0 Å². The highest BCUT2D eigenvalue weighted by Gasteiger charge is 2.22. The number of nitrogens with zero attached hydrogens (tertiary/aromatic N) is 1. The predicted molar refractivity (Wildman–Crippen MR) is 119 cm³/mol. The van der Waals surface area contributed by atoms with Crippen LogP contribution in [-0.2, 0) is 0 Å². The monoisotopic (exact) mass is 400 g/mol. The van der Waals surface area contributed by atoms with Crippen LogP contribution in [0.2, 0.25) is 5.02 Å². The smallest absolute Gasteiger partial charge is 0.254 e. The van der Waals surface area contributed by atoms with E-state index in [1.54, 1.807) is 0 Å². The summed E-state index contributed by atoms with van der Waals surface area (Å²) in [6.07, 6.45) is 0.780. The fourth-order valence-corrected chi connectivity index (χ4v) is 3.87. The highest BCUT2D eigenvalue weighted by Crippen LogP contribution is 2.34. The van der Waals surface area contributed by atoms with Gasteiger partial charge in [0.2, 0.25) is 0 Å². The minimum atomic E-state index is -0.193. The highest BCUT2D eigenvalue weighted by atomic mass is 35.5. The zero-order valence-corrected chi connectivity index (χ0v) is 16.9. The number of carbonyl (C=O) groups is 1. The Hall–Kier alpha value is -3.17. The Kier molecular flexibility index (Phi) is 5.59. The first-order chi connectivity index (χ1) is 14.2. The fourth-order valence-electron chi connectivity index (χ4n) is 3.53. The van der Waals surface area contributed by atoms with Crippen LogP contribution < -0.4 is 5.32 Å². The van der Waals surface area contributed by atoms with Gasteiger partial charge in [-0.2, -0.15) is 0 Å². The minimum absolute atomic E-state index is 0.0909. The molecule has 0 aliphatic heterocycles. The molecule has 0 saturated carbocycles. The molecule has 0 aliphatic rings. The largest absolute Gasteiger partial charge is 0.345 e. The molecule has 3 aromatic carbocycles. The van der Waals surface area contributed by atoms with Crippen LogP contribution in [0.25, 0.3) is 22.2 Å². The zero-order valence-electron chi connectivity index (χ0n) is 16.1. The maximum Gasteiger partial charge on any atom is 0.254 e. The molecule has 0 fully saturated rings. The summed E-state index contributed by atoms with van der Waals surface area (Å²) < 4.78 is 0. The molecule has 144 valence electrons. The van der Waals surface area contributed by atoms with Crippen molar-refractivity contribution in [2.24, 2.45) is 0 Å². The molecule has 0 aliphatic carbocycles. The van der Waals surface area contributed by atoms with Gasteiger partial charge in [-0.1, -0.05) is 97.4 Å². The van der Waals surface area contributed by atoms with E-state index in [9.17, 15) is 4.79 Å². The van der Waals surface area contributed by atoms with Gasteiger partial charge in [-0.15, -0.1) is 0 Å². The molecule has 1 N–H and O–H groups in total. The number of nitrogens with one attached hydrogen (secondary N) is 1. The predicted octanol–water partition coefficient (Wildman–Crippen LogP) is 6.44. The quantitative estimate of drug-likeness (QED) is 0.419. The number of carbonyl (C=O) groups excluding carboxylic acids is 1. The molecule has 0 saturated heterocycles. The second-order valence-corrected chi connectivity index (χ2v) is 7.26. The molecule has 29 heavy (non-hydrogen) atoms. The molecule has 0 unspecified atom stereocenters. The second-order valence-electron chi connectivity index (χ2n) is 6.88. The summed E-state index contributed by atoms with van der Waals surface area (Å²) in [6.45, 7) is 2.06. The molecule has 0 radical (unpaired) electrons. The van der Waals surface area contributed by atoms with Crippen LogP contribution >= 0.6 is 11.6 Å². The Morgan fingerprint density at radius 3 is 2.24 bits per heavy atom. The number of aromatic nitrogens is 1. The fraction of sp³-hybridized carbons (Fsp3) is 0.120. The van der Waals surface area contributed by atoms with Crippen molar-refractivity contribution in [3.8, 4) is 11.3 Å². The maximum absolute atomic E-state index is 13.4. The number of hydrogen-bond donors (Lipinski definition) is 1. The van der Waals surface area contributed by atoms with Crippen molar-refractivity contribution < 1.29 is 4.79 Å². The number of halogens is 1. The van der Waals surface area contributed by atoms with Gasteiger partial charge in [0.05, 0.1) is 27.8 Å². The van der Waals surface area contributed by atoms with Crippen molar-refractivity contribution in [1.82, 2.24) is 10.3 Å². The molecule has 4 aromatic rings. The molecule has 1 heterocycles. The molecule has 0 bridgehead atoms. The van der Waals surface area contributed by atoms with Crippen LogP contribution in [0, 0.1) is 0 Å². The molecule has 1 amide bonds. The molecule has 4 rings (SSSR count). The average Bonchev–Trinajstić information content (AvgIpc) is 2.78. The number of hydrogen-bond acceptors (Lipinski definition) is 2. The SMILES string of the molecule is CC[C@@H](NC(=O)c1c(Cl)c(-c2ccccc2)nc2ccccc12)c1ccccc1. The molecular weight excluding hydrogens is 380 g/mol. The van der Waals surface area contributed by atoms with Gasteiger partial charge in [0, 0.05) is 10.9 Å². The first-order valence-corrected chi connectivity index (χ1v) is 10.1. The lowest BCUT2D eigenvalue weighted by Crippen LogP contribution is -2.28. The van der Waals surface area contributed by atoms with Crippen LogP contribution in [-0.4, -0.2) is 10.9 Å². The van der Waals surface area contributed by atoms with E-state index in [0.29, 0.717) is 16.3 Å². The highest BCUT2D eigenvalue weighted by molar-refractivity contribution is 6.38. The van der Waals surface area contributed by atoms with Gasteiger partial charge in [-0.3, -0.25) is 4.79 Å². The van der Waals surface area contributed by atoms with Gasteiger partial charge in [0.1, 0.15) is 0 Å². The minimum Gasteiger partial charge on any atom is -0.345 e. The Balaban J connectivity index is 1.82. The third-order valence-electron chi connectivity index (χ3n) is 5.02. The third-order valence-corrected chi connectivity index (χ3v) is 5.39. The summed E-state index contributed by atoms with van der Waals surface area (Å²) in [5.74, 6) is -0.193. The summed E-state index contributed by atoms with van der Waals surface area (Å²) in [7, 11) is 0. The van der Waals surface area contributed by atoms with Gasteiger partial charge in [0.25, 0.3) is 5.91 Å². The maximum atomic E-state index is 13.4. The van der Waals surface area contributed by atoms with Crippen LogP contribution in [0.1, 0.15) is 35.3 Å². The molecule has 0 spiro atoms. The van der Waals surface area contributed by atoms with E-state index in [4.69, 9.17) is 16.6 Å². The van der Waals surface area contributed by atoms with Crippen LogP contribution in [0.15, 0.2) is 84.9 Å². The summed E-state index contributed by atoms with van der Waals surface area (Å²) in [6, 6.07) is 27.2. The van der Waals surface area contributed by atoms with Gasteiger partial charge >= 0.3 is 0 Å². The lowest BCUT2D eigenvalue weighted by Gasteiger charge is -2.19. The van der Waals surface area contributed by atoms with Crippen LogP contribution in [0.5, 0.6) is 0 Å². The van der Waals surface area contributed by atoms with Gasteiger partial charge < -0.3 is 5.32 Å². The average molecular weight is 401 g/mol. The van der Waals surface area contributed by atoms with E-state index in [2.05, 4.69) is 12.2 Å². The number of amides is 1. The molecule has 4 heteroatoms. The summed E-state index contributed by atoms with van der Waals surface area (Å²) >= 11 is 6.77. The van der Waals surface area contributed by atoms with E-state index in [1.807, 2.05) is 84.9 Å². The zero-order chi connectivity index (χ0) is 20.2. The lowest BCUT2D eigenvalue weighted by atomic mass is 10.0. The number of benzene rings is 3. The first-order valence-electron chi connectivity index (χ1n) is 9.68. The van der Waals surface area contributed by atoms with E-state index < -0.39 is 0 Å². The van der Waals surface area contributed by atoms with Crippen molar-refractivity contribution >= 4 is 28.4 Å². The van der Waals surface area contributed by atoms with Crippen molar-refractivity contribution in [1.29, 1.82) is 0 Å². The van der Waals surface area contributed by atoms with E-state index in [1.165, 1.54) is 0 Å². The van der Waals surface area contributed by atoms with Crippen molar-refractivity contribution in [2.45, 2.75) is 19.4 Å². The normalized spacial score (nSPS) is 11.9. The molecular formula is C25H21ClN2O. The van der Waals surface area contributed by atoms with Gasteiger partial charge in [-0.05, 0) is 18.1 Å². The third kappa shape index (κ3) is 3.87. The van der Waals surface area contributed by atoms with Gasteiger partial charge in [-0.25, -0.2) is 4.98 Å². The number of rotatable bonds is 5. The van der Waals surface area contributed by atoms with Crippen molar-refractivity contribution in [2.75, 3.05) is 0 Å². The van der Waals surface area contributed by atoms with E-state index in [0.717, 1.165) is 28.5 Å². The standard InChI is InChI=1S/C25H21ClN2O/c1-2-20(17-11-5-3-6-12-17)28-25(29)22-19-15-9-10-16-21(19)27-24(23(22)26)18-13-7-4-8-14-18/h3-16,20H,2H2,1H3,(H,28,29)/t20-/m1/s1. The van der Waals surface area contributed by atoms with Crippen LogP contribution in [0.4, 0.5) is 0 Å². The Morgan fingerprint density at radius 1 is 0.931 bits per heavy atom. The second kappa shape index (κ2) is 8.46. The topological polar surface area (TPSA) is 42.0 Å². The Bertz CT molecular complexity index is 1140. The number of fused-ring (bicyclic) bond motifs is 1. The number of pyridine rings is 1. The van der Waals surface area contributed by atoms with Crippen LogP contribution in [0.3, 0.4) is 0 Å². The summed E-state index contributed by atoms with van der Waals surface area (Å²) in [4.78, 5) is 18.1. The summed E-state index contributed by atoms with van der Waals surface area (Å²) in [5.41, 5.74) is 3.77. The first kappa shape index (κ1) is 19.2. The van der Waals surface area contributed by atoms with Crippen molar-refractivity contribution in [3.63, 3.8) is 0 Å².